The molecule has 0 aromatic heterocycles. The van der Waals surface area contributed by atoms with Crippen molar-refractivity contribution in [3.8, 4) is 0 Å². The normalized spacial score (nSPS) is 11.9. The molecule has 0 saturated heterocycles. The van der Waals surface area contributed by atoms with Gasteiger partial charge in [-0.2, -0.15) is 0 Å². The molecular weight excluding hydrogens is 133 g/mol. The maximum Gasteiger partial charge on any atom is 0 e. The van der Waals surface area contributed by atoms with Crippen LogP contribution < -0.4 is 5.11 Å². The Balaban J connectivity index is 0. The van der Waals surface area contributed by atoms with Crippen molar-refractivity contribution in [2.75, 3.05) is 0 Å². The topological polar surface area (TPSA) is 45.4 Å². The molecule has 0 amide bonds. The quantitative estimate of drug-likeness (QED) is 0.366. The molecule has 1 atom stereocenters. The third-order valence-electron chi connectivity index (χ3n) is 0.588. The van der Waals surface area contributed by atoms with Gasteiger partial charge in [-0.15, -0.1) is 6.10 Å². The van der Waals surface area contributed by atoms with E-state index in [0.29, 0.717) is 0 Å². The van der Waals surface area contributed by atoms with Gasteiger partial charge in [-0.05, 0) is 0 Å². The maximum absolute atomic E-state index is 9.94. The molecule has 0 N–H and O–H groups in total. The van der Waals surface area contributed by atoms with Crippen molar-refractivity contribution < 1.29 is 22.2 Å². The van der Waals surface area contributed by atoms with E-state index in [2.05, 4.69) is 0 Å². The Hall–Kier alpha value is 0.149. The van der Waals surface area contributed by atoms with Gasteiger partial charge < -0.3 is 10.5 Å². The van der Waals surface area contributed by atoms with Gasteiger partial charge in [-0.3, -0.25) is 0 Å². The molecule has 0 fully saturated rings. The van der Waals surface area contributed by atoms with Crippen LogP contribution in [0.5, 0.6) is 0 Å². The molecule has 0 aliphatic heterocycles. The molecular formula is C4H7MnNO-2. The minimum Gasteiger partial charge on any atom is -0.850 e. The van der Waals surface area contributed by atoms with Crippen LogP contribution in [0.15, 0.2) is 0 Å². The largest absolute Gasteiger partial charge is 0.850 e. The third-order valence-corrected chi connectivity index (χ3v) is 0.588. The zero-order chi connectivity index (χ0) is 5.15. The van der Waals surface area contributed by atoms with Gasteiger partial charge in [0.15, 0.2) is 0 Å². The molecule has 3 heteroatoms. The molecule has 0 saturated carbocycles. The number of hydrogen-bond donors (Lipinski definition) is 0. The minimum atomic E-state index is -0.926. The Morgan fingerprint density at radius 3 is 1.86 bits per heavy atom. The van der Waals surface area contributed by atoms with Crippen LogP contribution in [-0.4, -0.2) is 11.8 Å². The molecule has 0 aromatic carbocycles. The van der Waals surface area contributed by atoms with Crippen LogP contribution in [0.1, 0.15) is 13.8 Å². The second kappa shape index (κ2) is 4.31. The molecule has 1 radical (unpaired) electrons. The SMILES string of the molecule is CC(=[N-])C(C)[O-].[Mn]. The van der Waals surface area contributed by atoms with Gasteiger partial charge in [-0.1, -0.05) is 13.8 Å². The van der Waals surface area contributed by atoms with Crippen LogP contribution >= 0.6 is 0 Å². The first-order valence-corrected chi connectivity index (χ1v) is 1.83. The van der Waals surface area contributed by atoms with E-state index in [1.807, 2.05) is 0 Å². The summed E-state index contributed by atoms with van der Waals surface area (Å²) in [6.07, 6.45) is -0.926. The van der Waals surface area contributed by atoms with Crippen LogP contribution in [0.3, 0.4) is 0 Å². The predicted molar refractivity (Wildman–Crippen MR) is 23.5 cm³/mol. The average Bonchev–Trinajstić information content (AvgIpc) is 1.36. The first-order chi connectivity index (χ1) is 2.64. The van der Waals surface area contributed by atoms with Crippen LogP contribution in [0.4, 0.5) is 0 Å². The molecule has 2 nitrogen and oxygen atoms in total. The number of nitrogens with zero attached hydrogens (tertiary/aromatic N) is 1. The second-order valence-electron chi connectivity index (χ2n) is 1.28. The van der Waals surface area contributed by atoms with Crippen molar-refractivity contribution in [2.45, 2.75) is 20.0 Å². The van der Waals surface area contributed by atoms with Crippen LogP contribution in [0, 0.1) is 0 Å². The van der Waals surface area contributed by atoms with Crippen molar-refractivity contribution in [3.05, 3.63) is 5.41 Å². The monoisotopic (exact) mass is 140 g/mol. The average molecular weight is 140 g/mol. The Morgan fingerprint density at radius 2 is 1.86 bits per heavy atom. The van der Waals surface area contributed by atoms with E-state index in [-0.39, 0.29) is 22.8 Å². The first-order valence-electron chi connectivity index (χ1n) is 1.83. The molecule has 0 aliphatic rings. The van der Waals surface area contributed by atoms with Crippen LogP contribution in [0.25, 0.3) is 5.41 Å². The van der Waals surface area contributed by atoms with Crippen LogP contribution in [-0.2, 0) is 17.1 Å². The summed E-state index contributed by atoms with van der Waals surface area (Å²) < 4.78 is 0. The van der Waals surface area contributed by atoms with E-state index in [1.54, 1.807) is 0 Å². The summed E-state index contributed by atoms with van der Waals surface area (Å²) in [6, 6.07) is 0. The van der Waals surface area contributed by atoms with Crippen molar-refractivity contribution in [3.63, 3.8) is 0 Å². The predicted octanol–water partition coefficient (Wildman–Crippen LogP) is -0.237. The standard InChI is InChI=1S/C4H7NO.Mn/c1-3(5)4(2)6;/h4H,1-2H3;/q-2;. The van der Waals surface area contributed by atoms with Gasteiger partial charge in [0.25, 0.3) is 0 Å². The van der Waals surface area contributed by atoms with E-state index in [9.17, 15) is 5.11 Å². The van der Waals surface area contributed by atoms with E-state index in [4.69, 9.17) is 5.41 Å². The van der Waals surface area contributed by atoms with Crippen molar-refractivity contribution in [2.24, 2.45) is 0 Å². The van der Waals surface area contributed by atoms with E-state index in [0.717, 1.165) is 0 Å². The van der Waals surface area contributed by atoms with Crippen LogP contribution in [0.2, 0.25) is 0 Å². The molecule has 0 aliphatic carbocycles. The van der Waals surface area contributed by atoms with E-state index in [1.165, 1.54) is 13.8 Å². The Morgan fingerprint density at radius 1 is 1.71 bits per heavy atom. The molecule has 0 rings (SSSR count). The summed E-state index contributed by atoms with van der Waals surface area (Å²) in [4.78, 5) is 0. The van der Waals surface area contributed by atoms with Gasteiger partial charge in [0, 0.05) is 17.1 Å². The summed E-state index contributed by atoms with van der Waals surface area (Å²) in [5, 5.41) is 18.2. The minimum absolute atomic E-state index is 0. The fourth-order valence-corrected chi connectivity index (χ4v) is 0. The van der Waals surface area contributed by atoms with E-state index < -0.39 is 6.10 Å². The summed E-state index contributed by atoms with van der Waals surface area (Å²) in [7, 11) is 0. The second-order valence-corrected chi connectivity index (χ2v) is 1.28. The molecule has 0 spiro atoms. The van der Waals surface area contributed by atoms with Gasteiger partial charge in [0.05, 0.1) is 0 Å². The van der Waals surface area contributed by atoms with E-state index >= 15 is 0 Å². The number of hydrogen-bond acceptors (Lipinski definition) is 1. The molecule has 0 bridgehead atoms. The zero-order valence-corrected chi connectivity index (χ0v) is 5.49. The summed E-state index contributed by atoms with van der Waals surface area (Å²) in [5.74, 6) is 0. The van der Waals surface area contributed by atoms with Crippen molar-refractivity contribution in [1.29, 1.82) is 0 Å². The molecule has 7 heavy (non-hydrogen) atoms. The maximum atomic E-state index is 9.94. The fraction of sp³-hybridized carbons (Fsp3) is 0.750. The van der Waals surface area contributed by atoms with Crippen molar-refractivity contribution in [1.82, 2.24) is 0 Å². The molecule has 0 heterocycles. The molecule has 43 valence electrons. The fourth-order valence-electron chi connectivity index (χ4n) is 0. The first kappa shape index (κ1) is 10.2. The summed E-state index contributed by atoms with van der Waals surface area (Å²) in [5.41, 5.74) is -0.0463. The Kier molecular flexibility index (Phi) is 6.28. The van der Waals surface area contributed by atoms with Gasteiger partial charge in [0.1, 0.15) is 0 Å². The van der Waals surface area contributed by atoms with Gasteiger partial charge >= 0.3 is 0 Å². The molecule has 0 aromatic rings. The van der Waals surface area contributed by atoms with Crippen molar-refractivity contribution >= 4 is 5.71 Å². The summed E-state index contributed by atoms with van der Waals surface area (Å²) in [6.45, 7) is 2.80. The summed E-state index contributed by atoms with van der Waals surface area (Å²) >= 11 is 0. The smallest absolute Gasteiger partial charge is 0 e. The molecule has 1 unspecified atom stereocenters. The van der Waals surface area contributed by atoms with Gasteiger partial charge in [0.2, 0.25) is 0 Å². The zero-order valence-electron chi connectivity index (χ0n) is 4.31. The Labute approximate surface area is 53.9 Å². The number of rotatable bonds is 1. The van der Waals surface area contributed by atoms with Gasteiger partial charge in [-0.25, -0.2) is 5.71 Å². The third kappa shape index (κ3) is 6.15. The Bertz CT molecular complexity index is 62.7.